The average Bonchev–Trinajstić information content (AvgIpc) is 3.22. The number of hydrogen-bond donors (Lipinski definition) is 6. The third kappa shape index (κ3) is 8.62. The molecule has 11 nitrogen and oxygen atoms in total. The molecule has 0 aliphatic rings. The number of aldehydes is 1. The van der Waals surface area contributed by atoms with Crippen molar-refractivity contribution < 1.29 is 24.3 Å². The maximum atomic E-state index is 12.8. The van der Waals surface area contributed by atoms with E-state index in [0.717, 1.165) is 0 Å². The van der Waals surface area contributed by atoms with Gasteiger partial charge in [0, 0.05) is 18.3 Å². The number of hydrogen-bond acceptors (Lipinski definition) is 8. The lowest BCUT2D eigenvalue weighted by Gasteiger charge is -2.24. The standard InChI is InChI=1S/C17H28N6O5S/c1-10(7-24)21-16(27)13(3-4-29-2)22-17(28)14(5-11-6-19-9-20-11)23-15(26)12(18)8-25/h6-7,9-10,12-14,25H,3-5,8,18H2,1-2H3,(H,19,20)(H,21,27)(H,22,28)(H,23,26)/t10-,12-,13-,14-/m0/s1. The molecule has 0 aliphatic heterocycles. The number of rotatable bonds is 13. The fourth-order valence-corrected chi connectivity index (χ4v) is 2.79. The van der Waals surface area contributed by atoms with Gasteiger partial charge in [0.15, 0.2) is 0 Å². The van der Waals surface area contributed by atoms with E-state index in [1.807, 2.05) is 6.26 Å². The first-order chi connectivity index (χ1) is 13.8. The lowest BCUT2D eigenvalue weighted by atomic mass is 10.1. The SMILES string of the molecule is CSCC[C@H](NC(=O)[C@H](Cc1cnc[nH]1)NC(=O)[C@@H](N)CO)C(=O)N[C@@H](C)C=O. The van der Waals surface area contributed by atoms with Gasteiger partial charge in [0.1, 0.15) is 24.4 Å². The van der Waals surface area contributed by atoms with Crippen LogP contribution in [0.3, 0.4) is 0 Å². The molecule has 0 saturated heterocycles. The zero-order valence-corrected chi connectivity index (χ0v) is 17.2. The van der Waals surface area contributed by atoms with Gasteiger partial charge in [0.2, 0.25) is 17.7 Å². The molecule has 0 fully saturated rings. The van der Waals surface area contributed by atoms with Gasteiger partial charge in [-0.1, -0.05) is 0 Å². The first kappa shape index (κ1) is 24.6. The van der Waals surface area contributed by atoms with Gasteiger partial charge in [-0.3, -0.25) is 14.4 Å². The quantitative estimate of drug-likeness (QED) is 0.190. The number of nitrogens with two attached hydrogens (primary N) is 1. The van der Waals surface area contributed by atoms with Crippen LogP contribution in [0.1, 0.15) is 19.0 Å². The zero-order chi connectivity index (χ0) is 21.8. The van der Waals surface area contributed by atoms with Crippen molar-refractivity contribution in [3.05, 3.63) is 18.2 Å². The molecule has 0 aliphatic carbocycles. The normalized spacial score (nSPS) is 14.9. The number of carbonyl (C=O) groups excluding carboxylic acids is 4. The Labute approximate surface area is 173 Å². The number of imidazole rings is 1. The number of aromatic amines is 1. The van der Waals surface area contributed by atoms with E-state index in [9.17, 15) is 19.2 Å². The second-order valence-corrected chi connectivity index (χ2v) is 7.39. The van der Waals surface area contributed by atoms with Crippen molar-refractivity contribution in [1.29, 1.82) is 0 Å². The summed E-state index contributed by atoms with van der Waals surface area (Å²) >= 11 is 1.50. The molecule has 1 heterocycles. The van der Waals surface area contributed by atoms with Gasteiger partial charge < -0.3 is 36.6 Å². The molecule has 0 radical (unpaired) electrons. The Morgan fingerprint density at radius 2 is 1.90 bits per heavy atom. The second kappa shape index (κ2) is 12.9. The minimum Gasteiger partial charge on any atom is -0.394 e. The van der Waals surface area contributed by atoms with Crippen LogP contribution in [0.4, 0.5) is 0 Å². The molecule has 0 spiro atoms. The lowest BCUT2D eigenvalue weighted by Crippen LogP contribution is -2.57. The van der Waals surface area contributed by atoms with Gasteiger partial charge in [-0.05, 0) is 25.4 Å². The van der Waals surface area contributed by atoms with Crippen LogP contribution in [-0.4, -0.2) is 81.9 Å². The first-order valence-corrected chi connectivity index (χ1v) is 10.4. The molecular weight excluding hydrogens is 400 g/mol. The summed E-state index contributed by atoms with van der Waals surface area (Å²) in [7, 11) is 0. The van der Waals surface area contributed by atoms with E-state index in [4.69, 9.17) is 10.8 Å². The molecule has 0 unspecified atom stereocenters. The molecule has 1 aromatic heterocycles. The summed E-state index contributed by atoms with van der Waals surface area (Å²) in [6.45, 7) is 0.947. The summed E-state index contributed by atoms with van der Waals surface area (Å²) in [5, 5.41) is 16.7. The number of carbonyl (C=O) groups is 4. The number of aliphatic hydroxyl groups excluding tert-OH is 1. The Hall–Kier alpha value is -2.44. The van der Waals surface area contributed by atoms with Crippen LogP contribution >= 0.6 is 11.8 Å². The highest BCUT2D eigenvalue weighted by Crippen LogP contribution is 2.05. The van der Waals surface area contributed by atoms with Crippen molar-refractivity contribution in [2.75, 3.05) is 18.6 Å². The molecule has 162 valence electrons. The largest absolute Gasteiger partial charge is 0.394 e. The minimum atomic E-state index is -1.18. The topological polar surface area (TPSA) is 179 Å². The Morgan fingerprint density at radius 3 is 2.45 bits per heavy atom. The molecule has 1 aromatic rings. The van der Waals surface area contributed by atoms with E-state index in [1.165, 1.54) is 31.2 Å². The molecule has 29 heavy (non-hydrogen) atoms. The van der Waals surface area contributed by atoms with Crippen LogP contribution in [0.15, 0.2) is 12.5 Å². The molecule has 0 saturated carbocycles. The number of amides is 3. The molecule has 0 bridgehead atoms. The molecule has 7 N–H and O–H groups in total. The molecule has 12 heteroatoms. The summed E-state index contributed by atoms with van der Waals surface area (Å²) in [4.78, 5) is 54.8. The Bertz CT molecular complexity index is 671. The summed E-state index contributed by atoms with van der Waals surface area (Å²) in [6, 6.07) is -3.81. The van der Waals surface area contributed by atoms with Crippen molar-refractivity contribution in [1.82, 2.24) is 25.9 Å². The zero-order valence-electron chi connectivity index (χ0n) is 16.4. The molecule has 4 atom stereocenters. The Morgan fingerprint density at radius 1 is 1.24 bits per heavy atom. The average molecular weight is 429 g/mol. The van der Waals surface area contributed by atoms with Gasteiger partial charge in [-0.25, -0.2) is 4.98 Å². The highest BCUT2D eigenvalue weighted by atomic mass is 32.2. The highest BCUT2D eigenvalue weighted by molar-refractivity contribution is 7.98. The van der Waals surface area contributed by atoms with Crippen LogP contribution in [0.25, 0.3) is 0 Å². The maximum absolute atomic E-state index is 12.8. The smallest absolute Gasteiger partial charge is 0.243 e. The van der Waals surface area contributed by atoms with Gasteiger partial charge in [0.05, 0.1) is 19.0 Å². The highest BCUT2D eigenvalue weighted by Gasteiger charge is 2.28. The van der Waals surface area contributed by atoms with Crippen molar-refractivity contribution in [3.63, 3.8) is 0 Å². The van der Waals surface area contributed by atoms with E-state index in [-0.39, 0.29) is 6.42 Å². The van der Waals surface area contributed by atoms with E-state index in [2.05, 4.69) is 25.9 Å². The number of nitrogens with zero attached hydrogens (tertiary/aromatic N) is 1. The third-order valence-corrected chi connectivity index (χ3v) is 4.61. The van der Waals surface area contributed by atoms with E-state index >= 15 is 0 Å². The second-order valence-electron chi connectivity index (χ2n) is 6.41. The van der Waals surface area contributed by atoms with Crippen molar-refractivity contribution >= 4 is 35.8 Å². The third-order valence-electron chi connectivity index (χ3n) is 3.96. The van der Waals surface area contributed by atoms with Gasteiger partial charge in [-0.15, -0.1) is 0 Å². The van der Waals surface area contributed by atoms with E-state index in [0.29, 0.717) is 24.2 Å². The maximum Gasteiger partial charge on any atom is 0.243 e. The lowest BCUT2D eigenvalue weighted by molar-refractivity contribution is -0.133. The van der Waals surface area contributed by atoms with Crippen LogP contribution in [-0.2, 0) is 25.6 Å². The molecule has 3 amide bonds. The van der Waals surface area contributed by atoms with Crippen LogP contribution in [0, 0.1) is 0 Å². The fraction of sp³-hybridized carbons (Fsp3) is 0.588. The number of aromatic nitrogens is 2. The fourth-order valence-electron chi connectivity index (χ4n) is 2.32. The minimum absolute atomic E-state index is 0.0807. The monoisotopic (exact) mass is 428 g/mol. The predicted molar refractivity (Wildman–Crippen MR) is 108 cm³/mol. The van der Waals surface area contributed by atoms with Gasteiger partial charge in [0.25, 0.3) is 0 Å². The van der Waals surface area contributed by atoms with Crippen LogP contribution in [0.2, 0.25) is 0 Å². The molecule has 1 rings (SSSR count). The molecule has 0 aromatic carbocycles. The van der Waals surface area contributed by atoms with Gasteiger partial charge >= 0.3 is 0 Å². The van der Waals surface area contributed by atoms with E-state index < -0.39 is 48.5 Å². The Balaban J connectivity index is 2.92. The predicted octanol–water partition coefficient (Wildman–Crippen LogP) is -2.30. The Kier molecular flexibility index (Phi) is 10.9. The summed E-state index contributed by atoms with van der Waals surface area (Å²) in [5.74, 6) is -1.20. The number of H-pyrrole nitrogens is 1. The van der Waals surface area contributed by atoms with Gasteiger partial charge in [-0.2, -0.15) is 11.8 Å². The number of thioether (sulfide) groups is 1. The van der Waals surface area contributed by atoms with Crippen molar-refractivity contribution in [3.8, 4) is 0 Å². The molecular formula is C17H28N6O5S. The summed E-state index contributed by atoms with van der Waals surface area (Å²) in [5.41, 5.74) is 6.10. The van der Waals surface area contributed by atoms with Crippen molar-refractivity contribution in [2.45, 2.75) is 43.9 Å². The van der Waals surface area contributed by atoms with Crippen molar-refractivity contribution in [2.24, 2.45) is 5.73 Å². The number of aliphatic hydroxyl groups is 1. The number of nitrogens with one attached hydrogen (secondary N) is 4. The summed E-state index contributed by atoms with van der Waals surface area (Å²) < 4.78 is 0. The van der Waals surface area contributed by atoms with E-state index in [1.54, 1.807) is 0 Å². The first-order valence-electron chi connectivity index (χ1n) is 9.01. The van der Waals surface area contributed by atoms with Crippen LogP contribution in [0.5, 0.6) is 0 Å². The van der Waals surface area contributed by atoms with Crippen LogP contribution < -0.4 is 21.7 Å². The summed E-state index contributed by atoms with van der Waals surface area (Å²) in [6.07, 6.45) is 5.80.